The van der Waals surface area contributed by atoms with Crippen LogP contribution in [0.15, 0.2) is 97.1 Å². The average molecular weight is 468 g/mol. The second-order valence-electron chi connectivity index (χ2n) is 6.69. The van der Waals surface area contributed by atoms with Crippen LogP contribution in [0.25, 0.3) is 0 Å². The zero-order valence-electron chi connectivity index (χ0n) is 15.6. The van der Waals surface area contributed by atoms with Crippen molar-refractivity contribution < 1.29 is 36.0 Å². The molecule has 0 radical (unpaired) electrons. The first-order chi connectivity index (χ1) is 13.5. The third-order valence-electron chi connectivity index (χ3n) is 5.08. The third-order valence-corrected chi connectivity index (χ3v) is 7.59. The summed E-state index contributed by atoms with van der Waals surface area (Å²) in [6, 6.07) is 15.4. The van der Waals surface area contributed by atoms with E-state index in [1.165, 1.54) is 0 Å². The summed E-state index contributed by atoms with van der Waals surface area (Å²) in [5, 5.41) is -2.09. The molecule has 0 saturated carbocycles. The quantitative estimate of drug-likeness (QED) is 0.343. The summed E-state index contributed by atoms with van der Waals surface area (Å²) in [7, 11) is -5.08. The maximum atomic E-state index is 12.2. The van der Waals surface area contributed by atoms with Crippen LogP contribution in [0.5, 0.6) is 0 Å². The van der Waals surface area contributed by atoms with Crippen molar-refractivity contribution in [3.63, 3.8) is 0 Å². The van der Waals surface area contributed by atoms with Crippen LogP contribution in [0.2, 0.25) is 0 Å². The molecule has 150 valence electrons. The molecule has 2 aromatic rings. The molecule has 2 aliphatic carbocycles. The molecule has 4 atom stereocenters. The fourth-order valence-electron chi connectivity index (χ4n) is 3.60. The van der Waals surface area contributed by atoms with E-state index < -0.39 is 26.4 Å². The molecule has 4 nitrogen and oxygen atoms in total. The van der Waals surface area contributed by atoms with Crippen molar-refractivity contribution in [1.29, 1.82) is 0 Å². The molecular weight excluding hydrogens is 446 g/mol. The van der Waals surface area contributed by atoms with Crippen molar-refractivity contribution >= 4 is 16.1 Å². The first-order valence-corrected chi connectivity index (χ1v) is 11.4. The van der Waals surface area contributed by atoms with Crippen LogP contribution < -0.4 is 0 Å². The van der Waals surface area contributed by atoms with Gasteiger partial charge in [0.2, 0.25) is 10.3 Å². The maximum Gasteiger partial charge on any atom is 2.00 e. The van der Waals surface area contributed by atoms with E-state index >= 15 is 0 Å². The third kappa shape index (κ3) is 4.73. The van der Waals surface area contributed by atoms with Gasteiger partial charge in [-0.25, -0.2) is 24.3 Å². The predicted octanol–water partition coefficient (Wildman–Crippen LogP) is 5.70. The molecule has 29 heavy (non-hydrogen) atoms. The molecule has 0 amide bonds. The van der Waals surface area contributed by atoms with Gasteiger partial charge in [0, 0.05) is 12.8 Å². The Morgan fingerprint density at radius 3 is 2.00 bits per heavy atom. The smallest absolute Gasteiger partial charge is 0.214 e. The van der Waals surface area contributed by atoms with Gasteiger partial charge in [-0.1, -0.05) is 47.6 Å². The van der Waals surface area contributed by atoms with E-state index in [2.05, 4.69) is 0 Å². The van der Waals surface area contributed by atoms with Gasteiger partial charge in [0.15, 0.2) is 0 Å². The SMILES string of the molecule is O=[P+](O)C1(c2ccc[c-]2C2([P+](=O)O)C=CC=CC2)C=CC=CC1.[Fe+2].c1cc[cH-]c1. The monoisotopic (exact) mass is 468 g/mol. The average Bonchev–Trinajstić information content (AvgIpc) is 3.44. The minimum Gasteiger partial charge on any atom is -0.214 e. The minimum absolute atomic E-state index is 0. The normalized spacial score (nSPS) is 25.6. The zero-order chi connectivity index (χ0) is 20.0. The van der Waals surface area contributed by atoms with Crippen LogP contribution in [0, 0.1) is 0 Å². The van der Waals surface area contributed by atoms with E-state index in [1.807, 2.05) is 54.6 Å². The molecule has 2 N–H and O–H groups in total. The van der Waals surface area contributed by atoms with E-state index in [1.54, 1.807) is 42.5 Å². The fourth-order valence-corrected chi connectivity index (χ4v) is 5.36. The minimum atomic E-state index is -2.54. The molecule has 2 aromatic carbocycles. The molecule has 0 fully saturated rings. The van der Waals surface area contributed by atoms with Gasteiger partial charge in [-0.3, -0.25) is 0 Å². The Labute approximate surface area is 183 Å². The Hall–Kier alpha value is -1.70. The van der Waals surface area contributed by atoms with Crippen LogP contribution in [-0.4, -0.2) is 9.79 Å². The van der Waals surface area contributed by atoms with E-state index in [0.29, 0.717) is 24.0 Å². The summed E-state index contributed by atoms with van der Waals surface area (Å²) in [5.74, 6) is 0. The number of allylic oxidation sites excluding steroid dienone is 8. The van der Waals surface area contributed by atoms with Crippen LogP contribution in [0.4, 0.5) is 0 Å². The van der Waals surface area contributed by atoms with Crippen molar-refractivity contribution in [3.8, 4) is 0 Å². The molecule has 7 heteroatoms. The number of hydrogen-bond acceptors (Lipinski definition) is 2. The summed E-state index contributed by atoms with van der Waals surface area (Å²) in [4.78, 5) is 20.0. The Morgan fingerprint density at radius 2 is 1.55 bits per heavy atom. The van der Waals surface area contributed by atoms with E-state index in [-0.39, 0.29) is 17.1 Å². The van der Waals surface area contributed by atoms with Crippen LogP contribution in [0.1, 0.15) is 24.0 Å². The van der Waals surface area contributed by atoms with Gasteiger partial charge in [0.1, 0.15) is 0 Å². The van der Waals surface area contributed by atoms with Gasteiger partial charge >= 0.3 is 33.1 Å². The maximum absolute atomic E-state index is 12.2. The molecule has 0 aromatic heterocycles. The van der Waals surface area contributed by atoms with Crippen LogP contribution in [0.3, 0.4) is 0 Å². The van der Waals surface area contributed by atoms with Crippen molar-refractivity contribution in [2.24, 2.45) is 0 Å². The molecule has 0 aliphatic heterocycles. The predicted molar refractivity (Wildman–Crippen MR) is 113 cm³/mol. The van der Waals surface area contributed by atoms with Gasteiger partial charge in [-0.15, -0.1) is 0 Å². The first-order valence-electron chi connectivity index (χ1n) is 8.97. The molecule has 0 bridgehead atoms. The summed E-state index contributed by atoms with van der Waals surface area (Å²) in [6.45, 7) is 0. The summed E-state index contributed by atoms with van der Waals surface area (Å²) in [5.41, 5.74) is 1.30. The largest absolute Gasteiger partial charge is 2.00 e. The van der Waals surface area contributed by atoms with Gasteiger partial charge in [-0.05, 0) is 21.3 Å². The molecule has 4 rings (SSSR count). The van der Waals surface area contributed by atoms with Crippen molar-refractivity contribution in [3.05, 3.63) is 108 Å². The second-order valence-corrected chi connectivity index (χ2v) is 9.38. The number of rotatable bonds is 4. The van der Waals surface area contributed by atoms with E-state index in [4.69, 9.17) is 0 Å². The van der Waals surface area contributed by atoms with Crippen LogP contribution >= 0.6 is 16.1 Å². The van der Waals surface area contributed by atoms with E-state index in [0.717, 1.165) is 0 Å². The summed E-state index contributed by atoms with van der Waals surface area (Å²) in [6.07, 6.45) is 15.1. The number of hydrogen-bond donors (Lipinski definition) is 2. The van der Waals surface area contributed by atoms with Gasteiger partial charge in [-0.2, -0.15) is 34.1 Å². The Bertz CT molecular complexity index is 876. The van der Waals surface area contributed by atoms with Crippen LogP contribution in [-0.2, 0) is 36.5 Å². The zero-order valence-corrected chi connectivity index (χ0v) is 18.5. The molecule has 0 saturated heterocycles. The fraction of sp³-hybridized carbons (Fsp3) is 0.182. The summed E-state index contributed by atoms with van der Waals surface area (Å²) >= 11 is 0. The summed E-state index contributed by atoms with van der Waals surface area (Å²) < 4.78 is 24.4. The molecule has 4 unspecified atom stereocenters. The molecule has 2 aliphatic rings. The Balaban J connectivity index is 0.000000437. The van der Waals surface area contributed by atoms with Crippen molar-refractivity contribution in [1.82, 2.24) is 0 Å². The second kappa shape index (κ2) is 10.4. The topological polar surface area (TPSA) is 74.6 Å². The van der Waals surface area contributed by atoms with Crippen molar-refractivity contribution in [2.75, 3.05) is 0 Å². The molecule has 0 heterocycles. The molecular formula is C22H22FeO4P2+2. The van der Waals surface area contributed by atoms with Gasteiger partial charge in [0.05, 0.1) is 0 Å². The standard InChI is InChI=1S/C17H16O4P2.C5H5.Fe/c18-22(19)16(10-3-1-4-11-16)14-8-7-9-15(14)17(23(20)21)12-5-2-6-13-17;1-2-4-5-3-1;/h1-10,12H,11,13H2,(H-,18,19,20,21);1-5H;/q;-1;+2/p+1. The van der Waals surface area contributed by atoms with Gasteiger partial charge in [0.25, 0.3) is 0 Å². The molecule has 0 spiro atoms. The van der Waals surface area contributed by atoms with Crippen molar-refractivity contribution in [2.45, 2.75) is 23.2 Å². The Kier molecular flexibility index (Phi) is 8.43. The van der Waals surface area contributed by atoms with Gasteiger partial charge < -0.3 is 0 Å². The first kappa shape index (κ1) is 23.6. The Morgan fingerprint density at radius 1 is 0.897 bits per heavy atom. The van der Waals surface area contributed by atoms with E-state index in [9.17, 15) is 18.9 Å².